The van der Waals surface area contributed by atoms with Crippen molar-refractivity contribution in [1.29, 1.82) is 0 Å². The summed E-state index contributed by atoms with van der Waals surface area (Å²) in [5.74, 6) is -0.213. The van der Waals surface area contributed by atoms with E-state index in [0.29, 0.717) is 6.42 Å². The number of benzene rings is 1. The van der Waals surface area contributed by atoms with E-state index >= 15 is 0 Å². The Hall–Kier alpha value is -1.39. The van der Waals surface area contributed by atoms with Gasteiger partial charge in [0.05, 0.1) is 18.7 Å². The SMILES string of the molecule is CCC[C@@H](N)C(=O)N[C@@H](CO)c1ccccc1. The lowest BCUT2D eigenvalue weighted by molar-refractivity contribution is -0.123. The summed E-state index contributed by atoms with van der Waals surface area (Å²) in [4.78, 5) is 11.7. The van der Waals surface area contributed by atoms with Crippen molar-refractivity contribution >= 4 is 5.91 Å². The van der Waals surface area contributed by atoms with Gasteiger partial charge < -0.3 is 16.2 Å². The molecule has 94 valence electrons. The van der Waals surface area contributed by atoms with Gasteiger partial charge in [-0.2, -0.15) is 0 Å². The average molecular weight is 236 g/mol. The van der Waals surface area contributed by atoms with Crippen molar-refractivity contribution in [1.82, 2.24) is 5.32 Å². The van der Waals surface area contributed by atoms with Gasteiger partial charge in [-0.1, -0.05) is 43.7 Å². The van der Waals surface area contributed by atoms with Gasteiger partial charge in [0, 0.05) is 0 Å². The van der Waals surface area contributed by atoms with Crippen LogP contribution in [0.2, 0.25) is 0 Å². The number of rotatable bonds is 6. The summed E-state index contributed by atoms with van der Waals surface area (Å²) in [6.07, 6.45) is 1.52. The fraction of sp³-hybridized carbons (Fsp3) is 0.462. The second-order valence-electron chi connectivity index (χ2n) is 4.05. The maximum Gasteiger partial charge on any atom is 0.237 e. The molecule has 0 bridgehead atoms. The number of nitrogens with two attached hydrogens (primary N) is 1. The third-order valence-corrected chi connectivity index (χ3v) is 2.64. The molecule has 4 heteroatoms. The number of carbonyl (C=O) groups is 1. The van der Waals surface area contributed by atoms with Gasteiger partial charge >= 0.3 is 0 Å². The molecule has 1 amide bonds. The minimum atomic E-state index is -0.502. The summed E-state index contributed by atoms with van der Waals surface area (Å²) in [6, 6.07) is 8.48. The van der Waals surface area contributed by atoms with Gasteiger partial charge in [0.15, 0.2) is 0 Å². The van der Waals surface area contributed by atoms with Crippen LogP contribution in [0.4, 0.5) is 0 Å². The molecule has 0 aromatic heterocycles. The molecule has 17 heavy (non-hydrogen) atoms. The number of hydrogen-bond acceptors (Lipinski definition) is 3. The van der Waals surface area contributed by atoms with Gasteiger partial charge in [0.25, 0.3) is 0 Å². The summed E-state index contributed by atoms with van der Waals surface area (Å²) >= 11 is 0. The standard InChI is InChI=1S/C13H20N2O2/c1-2-6-11(14)13(17)15-12(9-16)10-7-4-3-5-8-10/h3-5,7-8,11-12,16H,2,6,9,14H2,1H3,(H,15,17)/t11-,12+/m1/s1. The molecule has 0 aliphatic rings. The minimum Gasteiger partial charge on any atom is -0.394 e. The van der Waals surface area contributed by atoms with E-state index in [0.717, 1.165) is 12.0 Å². The van der Waals surface area contributed by atoms with Gasteiger partial charge in [-0.15, -0.1) is 0 Å². The summed E-state index contributed by atoms with van der Waals surface area (Å²) in [5.41, 5.74) is 6.60. The lowest BCUT2D eigenvalue weighted by Gasteiger charge is -2.19. The molecule has 0 aliphatic carbocycles. The lowest BCUT2D eigenvalue weighted by atomic mass is 10.1. The van der Waals surface area contributed by atoms with Crippen LogP contribution in [0.15, 0.2) is 30.3 Å². The van der Waals surface area contributed by atoms with Crippen LogP contribution in [-0.2, 0) is 4.79 Å². The van der Waals surface area contributed by atoms with E-state index in [1.165, 1.54) is 0 Å². The van der Waals surface area contributed by atoms with Gasteiger partial charge in [-0.05, 0) is 12.0 Å². The van der Waals surface area contributed by atoms with Crippen molar-refractivity contribution in [2.24, 2.45) is 5.73 Å². The van der Waals surface area contributed by atoms with Crippen LogP contribution in [0.1, 0.15) is 31.4 Å². The molecule has 4 N–H and O–H groups in total. The molecule has 4 nitrogen and oxygen atoms in total. The van der Waals surface area contributed by atoms with Crippen molar-refractivity contribution in [3.05, 3.63) is 35.9 Å². The average Bonchev–Trinajstić information content (AvgIpc) is 2.37. The van der Waals surface area contributed by atoms with Crippen LogP contribution in [-0.4, -0.2) is 23.7 Å². The largest absolute Gasteiger partial charge is 0.394 e. The van der Waals surface area contributed by atoms with E-state index in [4.69, 9.17) is 5.73 Å². The van der Waals surface area contributed by atoms with E-state index in [2.05, 4.69) is 5.32 Å². The second kappa shape index (κ2) is 7.04. The lowest BCUT2D eigenvalue weighted by Crippen LogP contribution is -2.43. The van der Waals surface area contributed by atoms with E-state index in [1.807, 2.05) is 37.3 Å². The zero-order chi connectivity index (χ0) is 12.7. The molecule has 1 aromatic carbocycles. The Morgan fingerprint density at radius 3 is 2.59 bits per heavy atom. The smallest absolute Gasteiger partial charge is 0.237 e. The summed E-state index contributed by atoms with van der Waals surface area (Å²) in [7, 11) is 0. The number of hydrogen-bond donors (Lipinski definition) is 3. The Morgan fingerprint density at radius 1 is 1.41 bits per heavy atom. The molecular formula is C13H20N2O2. The van der Waals surface area contributed by atoms with E-state index in [1.54, 1.807) is 0 Å². The summed E-state index contributed by atoms with van der Waals surface area (Å²) < 4.78 is 0. The van der Waals surface area contributed by atoms with Crippen LogP contribution in [0.25, 0.3) is 0 Å². The van der Waals surface area contributed by atoms with Gasteiger partial charge in [0.1, 0.15) is 0 Å². The molecule has 1 rings (SSSR count). The first-order chi connectivity index (χ1) is 8.19. The van der Waals surface area contributed by atoms with Gasteiger partial charge in [0.2, 0.25) is 5.91 Å². The molecular weight excluding hydrogens is 216 g/mol. The third-order valence-electron chi connectivity index (χ3n) is 2.64. The number of carbonyl (C=O) groups excluding carboxylic acids is 1. The third kappa shape index (κ3) is 4.17. The maximum atomic E-state index is 11.7. The second-order valence-corrected chi connectivity index (χ2v) is 4.05. The van der Waals surface area contributed by atoms with Crippen LogP contribution >= 0.6 is 0 Å². The Balaban J connectivity index is 2.62. The Morgan fingerprint density at radius 2 is 2.06 bits per heavy atom. The fourth-order valence-electron chi connectivity index (χ4n) is 1.64. The van der Waals surface area contributed by atoms with Crippen molar-refractivity contribution in [2.75, 3.05) is 6.61 Å². The minimum absolute atomic E-state index is 0.130. The zero-order valence-corrected chi connectivity index (χ0v) is 10.1. The maximum absolute atomic E-state index is 11.7. The van der Waals surface area contributed by atoms with Gasteiger partial charge in [-0.3, -0.25) is 4.79 Å². The topological polar surface area (TPSA) is 75.4 Å². The van der Waals surface area contributed by atoms with Crippen LogP contribution in [0.3, 0.4) is 0 Å². The predicted octanol–water partition coefficient (Wildman–Crippen LogP) is 0.964. The molecule has 0 unspecified atom stereocenters. The number of amides is 1. The predicted molar refractivity (Wildman–Crippen MR) is 67.3 cm³/mol. The molecule has 0 spiro atoms. The summed E-state index contributed by atoms with van der Waals surface area (Å²) in [5, 5.41) is 12.0. The quantitative estimate of drug-likeness (QED) is 0.688. The molecule has 0 radical (unpaired) electrons. The van der Waals surface area contributed by atoms with Crippen molar-refractivity contribution < 1.29 is 9.90 Å². The summed E-state index contributed by atoms with van der Waals surface area (Å²) in [6.45, 7) is 1.85. The first kappa shape index (κ1) is 13.7. The molecule has 0 aliphatic heterocycles. The molecule has 1 aromatic rings. The molecule has 2 atom stereocenters. The highest BCUT2D eigenvalue weighted by molar-refractivity contribution is 5.81. The first-order valence-electron chi connectivity index (χ1n) is 5.90. The van der Waals surface area contributed by atoms with E-state index < -0.39 is 6.04 Å². The van der Waals surface area contributed by atoms with E-state index in [9.17, 15) is 9.90 Å². The van der Waals surface area contributed by atoms with Crippen LogP contribution < -0.4 is 11.1 Å². The van der Waals surface area contributed by atoms with Crippen LogP contribution in [0.5, 0.6) is 0 Å². The molecule has 0 saturated heterocycles. The molecule has 0 saturated carbocycles. The van der Waals surface area contributed by atoms with Crippen molar-refractivity contribution in [3.63, 3.8) is 0 Å². The zero-order valence-electron chi connectivity index (χ0n) is 10.1. The monoisotopic (exact) mass is 236 g/mol. The van der Waals surface area contributed by atoms with Crippen molar-refractivity contribution in [2.45, 2.75) is 31.8 Å². The van der Waals surface area contributed by atoms with Crippen LogP contribution in [0, 0.1) is 0 Å². The Labute approximate surface area is 102 Å². The highest BCUT2D eigenvalue weighted by atomic mass is 16.3. The normalized spacial score (nSPS) is 14.1. The molecule has 0 fully saturated rings. The number of aliphatic hydroxyl groups excluding tert-OH is 1. The van der Waals surface area contributed by atoms with E-state index in [-0.39, 0.29) is 18.6 Å². The fourth-order valence-corrected chi connectivity index (χ4v) is 1.64. The first-order valence-corrected chi connectivity index (χ1v) is 5.90. The number of nitrogens with one attached hydrogen (secondary N) is 1. The highest BCUT2D eigenvalue weighted by Crippen LogP contribution is 2.11. The highest BCUT2D eigenvalue weighted by Gasteiger charge is 2.17. The number of aliphatic hydroxyl groups is 1. The Bertz CT molecular complexity index is 341. The van der Waals surface area contributed by atoms with Crippen molar-refractivity contribution in [3.8, 4) is 0 Å². The molecule has 0 heterocycles. The van der Waals surface area contributed by atoms with Gasteiger partial charge in [-0.25, -0.2) is 0 Å². The Kier molecular flexibility index (Phi) is 5.66.